The quantitative estimate of drug-likeness (QED) is 0.583. The largest absolute Gasteiger partial charge is 0.238 e. The summed E-state index contributed by atoms with van der Waals surface area (Å²) in [5, 5.41) is 5.49. The molecule has 1 rings (SSSR count). The fourth-order valence-corrected chi connectivity index (χ4v) is 3.93. The van der Waals surface area contributed by atoms with E-state index in [4.69, 9.17) is 5.14 Å². The van der Waals surface area contributed by atoms with Crippen molar-refractivity contribution in [3.63, 3.8) is 0 Å². The van der Waals surface area contributed by atoms with E-state index in [-0.39, 0.29) is 4.90 Å². The predicted octanol–water partition coefficient (Wildman–Crippen LogP) is 4.88. The molecule has 0 aliphatic carbocycles. The molecule has 0 fully saturated rings. The zero-order chi connectivity index (χ0) is 16.4. The van der Waals surface area contributed by atoms with Gasteiger partial charge in [-0.2, -0.15) is 11.8 Å². The molecule has 3 nitrogen and oxygen atoms in total. The summed E-state index contributed by atoms with van der Waals surface area (Å²) in [6.07, 6.45) is 9.32. The topological polar surface area (TPSA) is 60.2 Å². The molecule has 0 spiro atoms. The molecule has 1 unspecified atom stereocenters. The molecule has 0 radical (unpaired) electrons. The van der Waals surface area contributed by atoms with Gasteiger partial charge in [0.25, 0.3) is 0 Å². The SMILES string of the molecule is CCCCCCCCCSC(C)c1ccc(S(N)(=O)=O)cc1. The second-order valence-corrected chi connectivity index (χ2v) is 8.76. The number of unbranched alkanes of at least 4 members (excludes halogenated alkanes) is 6. The molecule has 1 aromatic rings. The first-order valence-corrected chi connectivity index (χ1v) is 10.8. The fraction of sp³-hybridized carbons (Fsp3) is 0.647. The Morgan fingerprint density at radius 3 is 2.09 bits per heavy atom. The number of rotatable bonds is 11. The summed E-state index contributed by atoms with van der Waals surface area (Å²) >= 11 is 1.93. The summed E-state index contributed by atoms with van der Waals surface area (Å²) in [4.78, 5) is 0.181. The van der Waals surface area contributed by atoms with Gasteiger partial charge in [0, 0.05) is 5.25 Å². The third kappa shape index (κ3) is 7.65. The molecule has 126 valence electrons. The van der Waals surface area contributed by atoms with Crippen LogP contribution in [0.3, 0.4) is 0 Å². The first-order chi connectivity index (χ1) is 10.4. The summed E-state index contributed by atoms with van der Waals surface area (Å²) in [5.74, 6) is 1.16. The van der Waals surface area contributed by atoms with Crippen molar-refractivity contribution >= 4 is 21.8 Å². The normalized spacial score (nSPS) is 13.2. The molecule has 0 bridgehead atoms. The van der Waals surface area contributed by atoms with Gasteiger partial charge in [0.05, 0.1) is 4.90 Å². The van der Waals surface area contributed by atoms with E-state index in [1.54, 1.807) is 12.1 Å². The highest BCUT2D eigenvalue weighted by molar-refractivity contribution is 7.99. The van der Waals surface area contributed by atoms with Gasteiger partial charge in [0.1, 0.15) is 0 Å². The van der Waals surface area contributed by atoms with E-state index in [1.807, 2.05) is 23.9 Å². The van der Waals surface area contributed by atoms with Gasteiger partial charge < -0.3 is 0 Å². The second-order valence-electron chi connectivity index (χ2n) is 5.75. The molecular weight excluding hydrogens is 314 g/mol. The van der Waals surface area contributed by atoms with Gasteiger partial charge in [-0.15, -0.1) is 0 Å². The van der Waals surface area contributed by atoms with E-state index in [0.29, 0.717) is 5.25 Å². The molecule has 0 aromatic heterocycles. The van der Waals surface area contributed by atoms with Crippen LogP contribution in [0.15, 0.2) is 29.2 Å². The van der Waals surface area contributed by atoms with Crippen molar-refractivity contribution in [3.8, 4) is 0 Å². The van der Waals surface area contributed by atoms with E-state index in [2.05, 4.69) is 13.8 Å². The maximum absolute atomic E-state index is 11.2. The lowest BCUT2D eigenvalue weighted by Crippen LogP contribution is -2.11. The minimum absolute atomic E-state index is 0.181. The Morgan fingerprint density at radius 1 is 1.00 bits per heavy atom. The zero-order valence-corrected chi connectivity index (χ0v) is 15.4. The molecule has 22 heavy (non-hydrogen) atoms. The third-order valence-electron chi connectivity index (χ3n) is 3.79. The van der Waals surface area contributed by atoms with E-state index >= 15 is 0 Å². The van der Waals surface area contributed by atoms with Gasteiger partial charge in [-0.3, -0.25) is 0 Å². The van der Waals surface area contributed by atoms with Crippen LogP contribution in [0.2, 0.25) is 0 Å². The number of thioether (sulfide) groups is 1. The average Bonchev–Trinajstić information content (AvgIpc) is 2.49. The summed E-state index contributed by atoms with van der Waals surface area (Å²) in [7, 11) is -3.59. The van der Waals surface area contributed by atoms with E-state index in [1.165, 1.54) is 44.9 Å². The molecule has 1 atom stereocenters. The van der Waals surface area contributed by atoms with Crippen molar-refractivity contribution in [3.05, 3.63) is 29.8 Å². The van der Waals surface area contributed by atoms with Gasteiger partial charge in [0.2, 0.25) is 10.0 Å². The Bertz CT molecular complexity index is 512. The van der Waals surface area contributed by atoms with Crippen molar-refractivity contribution in [2.24, 2.45) is 5.14 Å². The monoisotopic (exact) mass is 343 g/mol. The molecule has 0 aliphatic heterocycles. The van der Waals surface area contributed by atoms with Crippen LogP contribution < -0.4 is 5.14 Å². The predicted molar refractivity (Wildman–Crippen MR) is 96.7 cm³/mol. The van der Waals surface area contributed by atoms with Crippen molar-refractivity contribution in [2.45, 2.75) is 68.9 Å². The van der Waals surface area contributed by atoms with Crippen molar-refractivity contribution < 1.29 is 8.42 Å². The van der Waals surface area contributed by atoms with Crippen LogP contribution in [0.1, 0.15) is 69.6 Å². The summed E-state index contributed by atoms with van der Waals surface area (Å²) in [6, 6.07) is 6.91. The van der Waals surface area contributed by atoms with E-state index < -0.39 is 10.0 Å². The minimum atomic E-state index is -3.59. The van der Waals surface area contributed by atoms with E-state index in [9.17, 15) is 8.42 Å². The number of nitrogens with two attached hydrogens (primary N) is 1. The fourth-order valence-electron chi connectivity index (χ4n) is 2.34. The molecule has 1 aromatic carbocycles. The van der Waals surface area contributed by atoms with Crippen LogP contribution in [0.5, 0.6) is 0 Å². The van der Waals surface area contributed by atoms with Crippen molar-refractivity contribution in [1.82, 2.24) is 0 Å². The Labute approximate surface area is 140 Å². The van der Waals surface area contributed by atoms with Gasteiger partial charge in [-0.05, 0) is 36.8 Å². The molecule has 0 saturated carbocycles. The van der Waals surface area contributed by atoms with Crippen LogP contribution >= 0.6 is 11.8 Å². The molecule has 0 aliphatic rings. The Kier molecular flexibility index (Phi) is 9.13. The van der Waals surface area contributed by atoms with Crippen LogP contribution in [-0.4, -0.2) is 14.2 Å². The van der Waals surface area contributed by atoms with Crippen molar-refractivity contribution in [1.29, 1.82) is 0 Å². The first-order valence-electron chi connectivity index (χ1n) is 8.19. The summed E-state index contributed by atoms with van der Waals surface area (Å²) < 4.78 is 22.4. The van der Waals surface area contributed by atoms with Gasteiger partial charge in [0.15, 0.2) is 0 Å². The van der Waals surface area contributed by atoms with E-state index in [0.717, 1.165) is 11.3 Å². The lowest BCUT2D eigenvalue weighted by molar-refractivity contribution is 0.598. The summed E-state index contributed by atoms with van der Waals surface area (Å²) in [6.45, 7) is 4.41. The van der Waals surface area contributed by atoms with Gasteiger partial charge in [-0.1, -0.05) is 57.6 Å². The Hall–Kier alpha value is -0.520. The minimum Gasteiger partial charge on any atom is -0.225 e. The standard InChI is InChI=1S/C17H29NO2S2/c1-3-4-5-6-7-8-9-14-21-15(2)16-10-12-17(13-11-16)22(18,19)20/h10-13,15H,3-9,14H2,1-2H3,(H2,18,19,20). The van der Waals surface area contributed by atoms with Gasteiger partial charge in [-0.25, -0.2) is 13.6 Å². The smallest absolute Gasteiger partial charge is 0.225 e. The Morgan fingerprint density at radius 2 is 1.55 bits per heavy atom. The van der Waals surface area contributed by atoms with Crippen LogP contribution in [0.4, 0.5) is 0 Å². The molecule has 0 heterocycles. The highest BCUT2D eigenvalue weighted by atomic mass is 32.2. The highest BCUT2D eigenvalue weighted by Crippen LogP contribution is 2.29. The summed E-state index contributed by atoms with van der Waals surface area (Å²) in [5.41, 5.74) is 1.15. The molecule has 0 amide bonds. The number of primary sulfonamides is 1. The van der Waals surface area contributed by atoms with Crippen LogP contribution in [0, 0.1) is 0 Å². The number of sulfonamides is 1. The van der Waals surface area contributed by atoms with Crippen LogP contribution in [0.25, 0.3) is 0 Å². The zero-order valence-electron chi connectivity index (χ0n) is 13.8. The second kappa shape index (κ2) is 10.3. The third-order valence-corrected chi connectivity index (χ3v) is 6.02. The molecule has 2 N–H and O–H groups in total. The number of hydrogen-bond acceptors (Lipinski definition) is 3. The van der Waals surface area contributed by atoms with Crippen LogP contribution in [-0.2, 0) is 10.0 Å². The maximum atomic E-state index is 11.2. The maximum Gasteiger partial charge on any atom is 0.238 e. The molecule has 5 heteroatoms. The van der Waals surface area contributed by atoms with Crippen molar-refractivity contribution in [2.75, 3.05) is 5.75 Å². The Balaban J connectivity index is 2.24. The first kappa shape index (κ1) is 19.5. The average molecular weight is 344 g/mol. The number of hydrogen-bond donors (Lipinski definition) is 1. The highest BCUT2D eigenvalue weighted by Gasteiger charge is 2.10. The van der Waals surface area contributed by atoms with Gasteiger partial charge >= 0.3 is 0 Å². The lowest BCUT2D eigenvalue weighted by atomic mass is 10.1. The molecular formula is C17H29NO2S2. The number of benzene rings is 1. The lowest BCUT2D eigenvalue weighted by Gasteiger charge is -2.12. The molecule has 0 saturated heterocycles.